The number of nitrogens with zero attached hydrogens (tertiary/aromatic N) is 3. The van der Waals surface area contributed by atoms with Gasteiger partial charge in [-0.15, -0.1) is 0 Å². The quantitative estimate of drug-likeness (QED) is 0.540. The molecule has 0 amide bonds. The van der Waals surface area contributed by atoms with E-state index >= 15 is 0 Å². The summed E-state index contributed by atoms with van der Waals surface area (Å²) in [5.41, 5.74) is 3.39. The minimum absolute atomic E-state index is 0.198. The number of hydrogen-bond acceptors (Lipinski definition) is 3. The van der Waals surface area contributed by atoms with Gasteiger partial charge in [0.15, 0.2) is 0 Å². The van der Waals surface area contributed by atoms with Crippen molar-refractivity contribution in [3.8, 4) is 6.07 Å². The third kappa shape index (κ3) is 4.15. The molecular weight excluding hydrogens is 366 g/mol. The van der Waals surface area contributed by atoms with Gasteiger partial charge in [0.1, 0.15) is 5.54 Å². The molecule has 0 aliphatic rings. The molecule has 0 saturated carbocycles. The van der Waals surface area contributed by atoms with Crippen LogP contribution in [0.4, 0.5) is 0 Å². The Morgan fingerprint density at radius 3 is 1.77 bits per heavy atom. The maximum Gasteiger partial charge on any atom is 0.146 e. The Hall–Kier alpha value is -3.35. The van der Waals surface area contributed by atoms with Crippen LogP contribution in [0, 0.1) is 11.3 Å². The Labute approximate surface area is 180 Å². The minimum Gasteiger partial charge on any atom is -0.380 e. The van der Waals surface area contributed by atoms with Crippen molar-refractivity contribution in [3.05, 3.63) is 113 Å². The third-order valence-electron chi connectivity index (χ3n) is 5.57. The Morgan fingerprint density at radius 1 is 0.800 bits per heavy atom. The zero-order chi connectivity index (χ0) is 21.6. The lowest BCUT2D eigenvalue weighted by Gasteiger charge is -2.43. The fourth-order valence-corrected chi connectivity index (χ4v) is 4.07. The predicted molar refractivity (Wildman–Crippen MR) is 125 cm³/mol. The van der Waals surface area contributed by atoms with Crippen molar-refractivity contribution in [2.45, 2.75) is 11.5 Å². The van der Waals surface area contributed by atoms with E-state index in [1.165, 1.54) is 0 Å². The summed E-state index contributed by atoms with van der Waals surface area (Å²) in [5.74, 6) is -0.198. The van der Waals surface area contributed by atoms with Crippen LogP contribution < -0.4 is 0 Å². The maximum atomic E-state index is 10.7. The van der Waals surface area contributed by atoms with Gasteiger partial charge in [0.05, 0.1) is 12.0 Å². The van der Waals surface area contributed by atoms with E-state index in [0.717, 1.165) is 22.4 Å². The monoisotopic (exact) mass is 395 g/mol. The summed E-state index contributed by atoms with van der Waals surface area (Å²) in [4.78, 5) is 4.17. The van der Waals surface area contributed by atoms with Gasteiger partial charge in [0.2, 0.25) is 0 Å². The van der Waals surface area contributed by atoms with Crippen LogP contribution in [-0.2, 0) is 5.54 Å². The first-order chi connectivity index (χ1) is 14.5. The van der Waals surface area contributed by atoms with Crippen LogP contribution in [0.25, 0.3) is 6.08 Å². The molecule has 0 heterocycles. The normalized spacial score (nSPS) is 14.6. The highest BCUT2D eigenvalue weighted by atomic mass is 15.2. The van der Waals surface area contributed by atoms with Gasteiger partial charge < -0.3 is 4.90 Å². The van der Waals surface area contributed by atoms with Crippen molar-refractivity contribution in [1.82, 2.24) is 9.80 Å². The molecular formula is C27H29N3. The highest BCUT2D eigenvalue weighted by molar-refractivity contribution is 5.57. The molecule has 3 aromatic rings. The summed E-state index contributed by atoms with van der Waals surface area (Å²) in [7, 11) is 8.07. The molecule has 3 rings (SSSR count). The summed E-state index contributed by atoms with van der Waals surface area (Å²) >= 11 is 0. The Balaban J connectivity index is 2.34. The fraction of sp³-hybridized carbons (Fsp3) is 0.222. The first kappa shape index (κ1) is 21.4. The van der Waals surface area contributed by atoms with Gasteiger partial charge in [-0.25, -0.2) is 0 Å². The molecule has 0 radical (unpaired) electrons. The molecule has 0 aliphatic heterocycles. The van der Waals surface area contributed by atoms with E-state index in [4.69, 9.17) is 0 Å². The van der Waals surface area contributed by atoms with Crippen molar-refractivity contribution >= 4 is 6.08 Å². The molecule has 152 valence electrons. The van der Waals surface area contributed by atoms with Crippen LogP contribution in [0.5, 0.6) is 0 Å². The van der Waals surface area contributed by atoms with Crippen molar-refractivity contribution in [3.63, 3.8) is 0 Å². The second-order valence-electron chi connectivity index (χ2n) is 7.86. The molecule has 0 saturated heterocycles. The van der Waals surface area contributed by atoms with Crippen molar-refractivity contribution in [2.24, 2.45) is 0 Å². The van der Waals surface area contributed by atoms with Gasteiger partial charge in [-0.05, 0) is 36.9 Å². The van der Waals surface area contributed by atoms with Crippen molar-refractivity contribution in [2.75, 3.05) is 28.2 Å². The molecule has 3 aromatic carbocycles. The maximum absolute atomic E-state index is 10.7. The molecule has 2 atom stereocenters. The Morgan fingerprint density at radius 2 is 1.30 bits per heavy atom. The SMILES string of the molecule is CN(C)/C(=C\c1ccccc1)C(c1ccccc1)C(C#N)(c1ccccc1)N(C)C. The van der Waals surface area contributed by atoms with E-state index in [1.54, 1.807) is 0 Å². The van der Waals surface area contributed by atoms with Crippen molar-refractivity contribution < 1.29 is 0 Å². The van der Waals surface area contributed by atoms with E-state index in [0.29, 0.717) is 0 Å². The Kier molecular flexibility index (Phi) is 6.72. The fourth-order valence-electron chi connectivity index (χ4n) is 4.07. The summed E-state index contributed by atoms with van der Waals surface area (Å²) in [6.07, 6.45) is 2.19. The zero-order valence-electron chi connectivity index (χ0n) is 18.2. The molecule has 3 heteroatoms. The highest BCUT2D eigenvalue weighted by Crippen LogP contribution is 2.46. The first-order valence-electron chi connectivity index (χ1n) is 10.1. The molecule has 0 aliphatic carbocycles. The molecule has 0 bridgehead atoms. The van der Waals surface area contributed by atoms with Gasteiger partial charge in [-0.1, -0.05) is 91.0 Å². The van der Waals surface area contributed by atoms with E-state index in [1.807, 2.05) is 87.7 Å². The van der Waals surface area contributed by atoms with Gasteiger partial charge in [-0.2, -0.15) is 5.26 Å². The molecule has 3 nitrogen and oxygen atoms in total. The number of nitriles is 1. The first-order valence-corrected chi connectivity index (χ1v) is 10.1. The highest BCUT2D eigenvalue weighted by Gasteiger charge is 2.46. The van der Waals surface area contributed by atoms with Gasteiger partial charge in [-0.3, -0.25) is 4.90 Å². The average Bonchev–Trinajstić information content (AvgIpc) is 2.78. The van der Waals surface area contributed by atoms with Crippen LogP contribution in [0.15, 0.2) is 96.7 Å². The van der Waals surface area contributed by atoms with E-state index in [-0.39, 0.29) is 5.92 Å². The van der Waals surface area contributed by atoms with Crippen LogP contribution in [0.3, 0.4) is 0 Å². The number of likely N-dealkylation sites (N-methyl/N-ethyl adjacent to an activating group) is 2. The molecule has 0 spiro atoms. The molecule has 0 aromatic heterocycles. The number of hydrogen-bond donors (Lipinski definition) is 0. The zero-order valence-corrected chi connectivity index (χ0v) is 18.2. The molecule has 30 heavy (non-hydrogen) atoms. The molecule has 0 N–H and O–H groups in total. The van der Waals surface area contributed by atoms with Gasteiger partial charge in [0.25, 0.3) is 0 Å². The minimum atomic E-state index is -0.881. The number of rotatable bonds is 7. The summed E-state index contributed by atoms with van der Waals surface area (Å²) in [6, 6.07) is 33.4. The van der Waals surface area contributed by atoms with Crippen LogP contribution in [0.1, 0.15) is 22.6 Å². The largest absolute Gasteiger partial charge is 0.380 e. The van der Waals surface area contributed by atoms with E-state index < -0.39 is 5.54 Å². The smallest absolute Gasteiger partial charge is 0.146 e. The van der Waals surface area contributed by atoms with Gasteiger partial charge in [0, 0.05) is 19.8 Å². The van der Waals surface area contributed by atoms with Crippen LogP contribution in [0.2, 0.25) is 0 Å². The standard InChI is InChI=1S/C27H29N3/c1-29(2)25(20-22-14-8-5-9-15-22)26(23-16-10-6-11-17-23)27(21-28,30(3)4)24-18-12-7-13-19-24/h5-20,26H,1-4H3/b25-20-. The third-order valence-corrected chi connectivity index (χ3v) is 5.57. The second kappa shape index (κ2) is 9.43. The molecule has 2 unspecified atom stereocenters. The number of benzene rings is 3. The summed E-state index contributed by atoms with van der Waals surface area (Å²) in [6.45, 7) is 0. The van der Waals surface area contributed by atoms with Crippen LogP contribution in [-0.4, -0.2) is 38.0 Å². The summed E-state index contributed by atoms with van der Waals surface area (Å²) in [5, 5.41) is 10.7. The average molecular weight is 396 g/mol. The topological polar surface area (TPSA) is 30.3 Å². The van der Waals surface area contributed by atoms with E-state index in [2.05, 4.69) is 53.4 Å². The van der Waals surface area contributed by atoms with E-state index in [9.17, 15) is 5.26 Å². The van der Waals surface area contributed by atoms with Gasteiger partial charge >= 0.3 is 0 Å². The Bertz CT molecular complexity index is 1000. The molecule has 0 fully saturated rings. The summed E-state index contributed by atoms with van der Waals surface area (Å²) < 4.78 is 0. The second-order valence-corrected chi connectivity index (χ2v) is 7.86. The predicted octanol–water partition coefficient (Wildman–Crippen LogP) is 5.35. The van der Waals surface area contributed by atoms with Crippen molar-refractivity contribution in [1.29, 1.82) is 5.26 Å². The lowest BCUT2D eigenvalue weighted by atomic mass is 9.72. The lowest BCUT2D eigenvalue weighted by Crippen LogP contribution is -2.47. The van der Waals surface area contributed by atoms with Crippen LogP contribution >= 0.6 is 0 Å². The lowest BCUT2D eigenvalue weighted by molar-refractivity contribution is 0.179.